The smallest absolute Gasteiger partial charge is 0.120 e. The van der Waals surface area contributed by atoms with Crippen LogP contribution in [-0.4, -0.2) is 12.1 Å². The van der Waals surface area contributed by atoms with E-state index in [9.17, 15) is 0 Å². The summed E-state index contributed by atoms with van der Waals surface area (Å²) in [5.74, 6) is 0.911. The minimum atomic E-state index is 0.0511. The zero-order valence-electron chi connectivity index (χ0n) is 11.7. The summed E-state index contributed by atoms with van der Waals surface area (Å²) in [6.07, 6.45) is 0.982. The molecular weight excluding hydrogens is 210 g/mol. The molecule has 1 rings (SSSR count). The van der Waals surface area contributed by atoms with Gasteiger partial charge in [0.15, 0.2) is 0 Å². The van der Waals surface area contributed by atoms with Gasteiger partial charge in [0.1, 0.15) is 11.9 Å². The Labute approximate surface area is 105 Å². The second-order valence-electron chi connectivity index (χ2n) is 5.67. The van der Waals surface area contributed by atoms with E-state index in [1.54, 1.807) is 0 Å². The molecular formula is C15H25NO. The molecule has 0 heterocycles. The molecule has 2 heteroatoms. The van der Waals surface area contributed by atoms with Gasteiger partial charge in [-0.2, -0.15) is 0 Å². The van der Waals surface area contributed by atoms with Crippen molar-refractivity contribution < 1.29 is 4.74 Å². The summed E-state index contributed by atoms with van der Waals surface area (Å²) in [5.41, 5.74) is 7.40. The highest BCUT2D eigenvalue weighted by Crippen LogP contribution is 2.26. The highest BCUT2D eigenvalue weighted by atomic mass is 16.5. The number of hydrogen-bond donors (Lipinski definition) is 1. The molecule has 2 nitrogen and oxygen atoms in total. The minimum Gasteiger partial charge on any atom is -0.489 e. The van der Waals surface area contributed by atoms with Gasteiger partial charge >= 0.3 is 0 Å². The van der Waals surface area contributed by atoms with Crippen LogP contribution in [0.4, 0.5) is 0 Å². The van der Waals surface area contributed by atoms with Crippen LogP contribution in [0.25, 0.3) is 0 Å². The second kappa shape index (κ2) is 5.54. The van der Waals surface area contributed by atoms with Crippen molar-refractivity contribution in [1.82, 2.24) is 0 Å². The lowest BCUT2D eigenvalue weighted by Gasteiger charge is -2.23. The third kappa shape index (κ3) is 4.04. The van der Waals surface area contributed by atoms with Crippen LogP contribution in [-0.2, 0) is 5.41 Å². The summed E-state index contributed by atoms with van der Waals surface area (Å²) < 4.78 is 5.88. The lowest BCUT2D eigenvalue weighted by Crippen LogP contribution is -2.35. The van der Waals surface area contributed by atoms with Crippen molar-refractivity contribution in [2.75, 3.05) is 0 Å². The predicted molar refractivity (Wildman–Crippen MR) is 73.5 cm³/mol. The van der Waals surface area contributed by atoms with Gasteiger partial charge in [-0.15, -0.1) is 0 Å². The van der Waals surface area contributed by atoms with Crippen LogP contribution >= 0.6 is 0 Å². The molecule has 0 aliphatic carbocycles. The number of nitrogens with two attached hydrogens (primary N) is 1. The average Bonchev–Trinajstić information content (AvgIpc) is 2.27. The minimum absolute atomic E-state index is 0.0511. The summed E-state index contributed by atoms with van der Waals surface area (Å²) in [7, 11) is 0. The molecule has 96 valence electrons. The van der Waals surface area contributed by atoms with Crippen LogP contribution in [0.5, 0.6) is 5.75 Å². The molecule has 0 fully saturated rings. The number of ether oxygens (including phenoxy) is 1. The van der Waals surface area contributed by atoms with Crippen molar-refractivity contribution in [2.24, 2.45) is 5.73 Å². The third-order valence-corrected chi connectivity index (χ3v) is 3.10. The largest absolute Gasteiger partial charge is 0.489 e. The Morgan fingerprint density at radius 3 is 2.47 bits per heavy atom. The lowest BCUT2D eigenvalue weighted by molar-refractivity contribution is 0.187. The average molecular weight is 235 g/mol. The first-order valence-corrected chi connectivity index (χ1v) is 6.37. The van der Waals surface area contributed by atoms with Gasteiger partial charge in [-0.3, -0.25) is 0 Å². The standard InChI is InChI=1S/C15H25NO/c1-6-14(16)11(2)17-13-9-7-8-12(10-13)15(3,4)5/h7-11,14H,6,16H2,1-5H3. The summed E-state index contributed by atoms with van der Waals surface area (Å²) in [4.78, 5) is 0. The maximum atomic E-state index is 5.96. The number of rotatable bonds is 4. The van der Waals surface area contributed by atoms with Crippen LogP contribution in [0, 0.1) is 0 Å². The Bertz CT molecular complexity index is 354. The van der Waals surface area contributed by atoms with Gasteiger partial charge in [-0.1, -0.05) is 39.8 Å². The van der Waals surface area contributed by atoms with E-state index >= 15 is 0 Å². The molecule has 0 aliphatic rings. The van der Waals surface area contributed by atoms with Crippen molar-refractivity contribution in [1.29, 1.82) is 0 Å². The van der Waals surface area contributed by atoms with Crippen LogP contribution in [0.3, 0.4) is 0 Å². The Balaban J connectivity index is 2.79. The van der Waals surface area contributed by atoms with Gasteiger partial charge in [-0.25, -0.2) is 0 Å². The van der Waals surface area contributed by atoms with E-state index in [4.69, 9.17) is 10.5 Å². The predicted octanol–water partition coefficient (Wildman–Crippen LogP) is 3.49. The molecule has 2 N–H and O–H groups in total. The fourth-order valence-corrected chi connectivity index (χ4v) is 1.67. The molecule has 0 aromatic heterocycles. The van der Waals surface area contributed by atoms with Gasteiger partial charge in [0.05, 0.1) is 0 Å². The van der Waals surface area contributed by atoms with Crippen LogP contribution < -0.4 is 10.5 Å². The molecule has 0 radical (unpaired) electrons. The van der Waals surface area contributed by atoms with Gasteiger partial charge in [0.25, 0.3) is 0 Å². The van der Waals surface area contributed by atoms with Gasteiger partial charge in [-0.05, 0) is 36.5 Å². The number of hydrogen-bond acceptors (Lipinski definition) is 2. The van der Waals surface area contributed by atoms with Crippen molar-refractivity contribution in [3.8, 4) is 5.75 Å². The molecule has 2 unspecified atom stereocenters. The van der Waals surface area contributed by atoms with Crippen molar-refractivity contribution in [3.05, 3.63) is 29.8 Å². The van der Waals surface area contributed by atoms with E-state index in [0.717, 1.165) is 12.2 Å². The van der Waals surface area contributed by atoms with E-state index < -0.39 is 0 Å². The van der Waals surface area contributed by atoms with Gasteiger partial charge < -0.3 is 10.5 Å². The van der Waals surface area contributed by atoms with Crippen LogP contribution in [0.1, 0.15) is 46.6 Å². The maximum Gasteiger partial charge on any atom is 0.120 e. The molecule has 0 spiro atoms. The fourth-order valence-electron chi connectivity index (χ4n) is 1.67. The summed E-state index contributed by atoms with van der Waals surface area (Å²) in [6.45, 7) is 10.7. The van der Waals surface area contributed by atoms with Crippen LogP contribution in [0.15, 0.2) is 24.3 Å². The Hall–Kier alpha value is -1.02. The van der Waals surface area contributed by atoms with Crippen molar-refractivity contribution >= 4 is 0 Å². The van der Waals surface area contributed by atoms with E-state index in [1.165, 1.54) is 5.56 Å². The molecule has 2 atom stereocenters. The highest BCUT2D eigenvalue weighted by Gasteiger charge is 2.16. The maximum absolute atomic E-state index is 5.96. The van der Waals surface area contributed by atoms with Crippen LogP contribution in [0.2, 0.25) is 0 Å². The van der Waals surface area contributed by atoms with E-state index in [0.29, 0.717) is 0 Å². The topological polar surface area (TPSA) is 35.2 Å². The summed E-state index contributed by atoms with van der Waals surface area (Å²) >= 11 is 0. The van der Waals surface area contributed by atoms with E-state index in [2.05, 4.69) is 39.8 Å². The molecule has 1 aromatic carbocycles. The zero-order chi connectivity index (χ0) is 13.1. The van der Waals surface area contributed by atoms with E-state index in [1.807, 2.05) is 19.1 Å². The zero-order valence-corrected chi connectivity index (χ0v) is 11.7. The molecule has 0 bridgehead atoms. The molecule has 17 heavy (non-hydrogen) atoms. The summed E-state index contributed by atoms with van der Waals surface area (Å²) in [6, 6.07) is 8.37. The lowest BCUT2D eigenvalue weighted by atomic mass is 9.87. The van der Waals surface area contributed by atoms with Crippen molar-refractivity contribution in [3.63, 3.8) is 0 Å². The van der Waals surface area contributed by atoms with Gasteiger partial charge in [0.2, 0.25) is 0 Å². The Morgan fingerprint density at radius 1 is 1.29 bits per heavy atom. The molecule has 0 saturated heterocycles. The summed E-state index contributed by atoms with van der Waals surface area (Å²) in [5, 5.41) is 0. The third-order valence-electron chi connectivity index (χ3n) is 3.10. The Kier molecular flexibility index (Phi) is 4.58. The monoisotopic (exact) mass is 235 g/mol. The first-order chi connectivity index (χ1) is 7.84. The molecule has 0 saturated carbocycles. The quantitative estimate of drug-likeness (QED) is 0.867. The normalized spacial score (nSPS) is 15.4. The number of benzene rings is 1. The van der Waals surface area contributed by atoms with Crippen molar-refractivity contribution in [2.45, 2.75) is 58.6 Å². The first kappa shape index (κ1) is 14.0. The fraction of sp³-hybridized carbons (Fsp3) is 0.600. The first-order valence-electron chi connectivity index (χ1n) is 6.37. The molecule has 0 aliphatic heterocycles. The molecule has 0 amide bonds. The SMILES string of the molecule is CCC(N)C(C)Oc1cccc(C(C)(C)C)c1. The second-order valence-corrected chi connectivity index (χ2v) is 5.67. The Morgan fingerprint density at radius 2 is 1.94 bits per heavy atom. The van der Waals surface area contributed by atoms with Gasteiger partial charge in [0, 0.05) is 6.04 Å². The molecule has 1 aromatic rings. The van der Waals surface area contributed by atoms with E-state index in [-0.39, 0.29) is 17.6 Å². The highest BCUT2D eigenvalue weighted by molar-refractivity contribution is 5.32.